The van der Waals surface area contributed by atoms with Crippen LogP contribution in [0.15, 0.2) is 4.42 Å². The van der Waals surface area contributed by atoms with Crippen LogP contribution in [-0.4, -0.2) is 28.9 Å². The van der Waals surface area contributed by atoms with Crippen LogP contribution in [-0.2, 0) is 0 Å². The molecule has 1 amide bonds. The molecule has 0 saturated heterocycles. The summed E-state index contributed by atoms with van der Waals surface area (Å²) in [6.07, 6.45) is 0.864. The molecule has 1 aromatic rings. The lowest BCUT2D eigenvalue weighted by Gasteiger charge is -2.21. The van der Waals surface area contributed by atoms with Crippen molar-refractivity contribution in [3.05, 3.63) is 22.6 Å². The normalized spacial score (nSPS) is 10.4. The van der Waals surface area contributed by atoms with E-state index in [9.17, 15) is 4.79 Å². The van der Waals surface area contributed by atoms with Crippen LogP contribution in [0.3, 0.4) is 0 Å². The van der Waals surface area contributed by atoms with Crippen molar-refractivity contribution in [3.63, 3.8) is 0 Å². The third kappa shape index (κ3) is 3.10. The first-order valence-corrected chi connectivity index (χ1v) is 6.43. The summed E-state index contributed by atoms with van der Waals surface area (Å²) in [5.74, 6) is 1.37. The maximum Gasteiger partial charge on any atom is 0.258 e. The quantitative estimate of drug-likeness (QED) is 0.833. The van der Waals surface area contributed by atoms with Crippen molar-refractivity contribution in [1.29, 1.82) is 0 Å². The van der Waals surface area contributed by atoms with Gasteiger partial charge in [-0.2, -0.15) is 0 Å². The highest BCUT2D eigenvalue weighted by atomic mass is 32.1. The number of hydrogen-bond acceptors (Lipinski definition) is 3. The van der Waals surface area contributed by atoms with Crippen LogP contribution in [0, 0.1) is 20.8 Å². The van der Waals surface area contributed by atoms with Gasteiger partial charge in [-0.3, -0.25) is 4.79 Å². The molecule has 1 aromatic heterocycles. The van der Waals surface area contributed by atoms with Crippen LogP contribution in [0.1, 0.15) is 40.8 Å². The number of amides is 1. The van der Waals surface area contributed by atoms with Gasteiger partial charge in [0.05, 0.1) is 17.1 Å². The Morgan fingerprint density at radius 3 is 2.33 bits per heavy atom. The molecule has 0 spiro atoms. The molecule has 5 heteroatoms. The summed E-state index contributed by atoms with van der Waals surface area (Å²) in [7, 11) is 0. The maximum atomic E-state index is 12.5. The first-order chi connectivity index (χ1) is 8.38. The van der Waals surface area contributed by atoms with Crippen LogP contribution in [0.4, 0.5) is 0 Å². The van der Waals surface area contributed by atoms with Crippen molar-refractivity contribution >= 4 is 23.1 Å². The smallest absolute Gasteiger partial charge is 0.258 e. The summed E-state index contributed by atoms with van der Waals surface area (Å²) in [6, 6.07) is 0. The summed E-state index contributed by atoms with van der Waals surface area (Å²) in [4.78, 5) is 14.5. The van der Waals surface area contributed by atoms with Gasteiger partial charge in [0.1, 0.15) is 11.5 Å². The Balaban J connectivity index is 3.05. The molecule has 0 radical (unpaired) electrons. The highest BCUT2D eigenvalue weighted by Crippen LogP contribution is 2.22. The van der Waals surface area contributed by atoms with Crippen LogP contribution in [0.5, 0.6) is 0 Å². The Labute approximate surface area is 113 Å². The fourth-order valence-corrected chi connectivity index (χ4v) is 2.13. The van der Waals surface area contributed by atoms with E-state index in [0.717, 1.165) is 17.7 Å². The van der Waals surface area contributed by atoms with Crippen LogP contribution >= 0.6 is 12.2 Å². The van der Waals surface area contributed by atoms with Gasteiger partial charge in [0.25, 0.3) is 5.91 Å². The number of carbonyl (C=O) groups excluding carboxylic acids is 1. The Morgan fingerprint density at radius 2 is 1.94 bits per heavy atom. The van der Waals surface area contributed by atoms with E-state index in [0.29, 0.717) is 29.4 Å². The molecule has 0 bridgehead atoms. The first-order valence-electron chi connectivity index (χ1n) is 6.02. The predicted molar refractivity (Wildman–Crippen MR) is 75.9 cm³/mol. The summed E-state index contributed by atoms with van der Waals surface area (Å²) in [5, 5.41) is 0. The second-order valence-corrected chi connectivity index (χ2v) is 4.93. The van der Waals surface area contributed by atoms with E-state index >= 15 is 0 Å². The molecule has 4 nitrogen and oxygen atoms in total. The van der Waals surface area contributed by atoms with Gasteiger partial charge in [-0.05, 0) is 27.2 Å². The maximum absolute atomic E-state index is 12.5. The van der Waals surface area contributed by atoms with Crippen LogP contribution in [0.2, 0.25) is 0 Å². The summed E-state index contributed by atoms with van der Waals surface area (Å²) < 4.78 is 5.49. The van der Waals surface area contributed by atoms with Crippen molar-refractivity contribution in [2.24, 2.45) is 5.73 Å². The molecule has 0 aromatic carbocycles. The molecule has 18 heavy (non-hydrogen) atoms. The minimum Gasteiger partial charge on any atom is -0.466 e. The standard InChI is InChI=1S/C13H20N2O2S/c1-5-6-15(7-11(14)18)13(16)12-8(2)9(3)17-10(12)4/h5-7H2,1-4H3,(H2,14,18). The van der Waals surface area contributed by atoms with E-state index in [1.807, 2.05) is 20.8 Å². The first kappa shape index (κ1) is 14.7. The van der Waals surface area contributed by atoms with Gasteiger partial charge in [-0.1, -0.05) is 19.1 Å². The number of furan rings is 1. The van der Waals surface area contributed by atoms with Gasteiger partial charge in [-0.25, -0.2) is 0 Å². The number of hydrogen-bond donors (Lipinski definition) is 1. The Morgan fingerprint density at radius 1 is 1.33 bits per heavy atom. The Kier molecular flexibility index (Phi) is 4.90. The number of rotatable bonds is 5. The third-order valence-electron chi connectivity index (χ3n) is 2.90. The molecular formula is C13H20N2O2S. The van der Waals surface area contributed by atoms with E-state index < -0.39 is 0 Å². The highest BCUT2D eigenvalue weighted by molar-refractivity contribution is 7.80. The zero-order valence-electron chi connectivity index (χ0n) is 11.4. The second-order valence-electron chi connectivity index (χ2n) is 4.41. The summed E-state index contributed by atoms with van der Waals surface area (Å²) >= 11 is 4.89. The average molecular weight is 268 g/mol. The predicted octanol–water partition coefficient (Wildman–Crippen LogP) is 2.34. The number of nitrogens with zero attached hydrogens (tertiary/aromatic N) is 1. The van der Waals surface area contributed by atoms with E-state index in [1.54, 1.807) is 11.8 Å². The number of carbonyl (C=O) groups is 1. The van der Waals surface area contributed by atoms with E-state index in [2.05, 4.69) is 0 Å². The van der Waals surface area contributed by atoms with Crippen molar-refractivity contribution < 1.29 is 9.21 Å². The van der Waals surface area contributed by atoms with Crippen molar-refractivity contribution in [2.75, 3.05) is 13.1 Å². The number of thiocarbonyl (C=S) groups is 1. The highest BCUT2D eigenvalue weighted by Gasteiger charge is 2.23. The molecule has 0 saturated carbocycles. The lowest BCUT2D eigenvalue weighted by molar-refractivity contribution is 0.0777. The van der Waals surface area contributed by atoms with Crippen LogP contribution < -0.4 is 5.73 Å². The van der Waals surface area contributed by atoms with Crippen molar-refractivity contribution in [3.8, 4) is 0 Å². The molecule has 0 aliphatic rings. The van der Waals surface area contributed by atoms with Gasteiger partial charge in [0, 0.05) is 12.1 Å². The van der Waals surface area contributed by atoms with Gasteiger partial charge >= 0.3 is 0 Å². The molecular weight excluding hydrogens is 248 g/mol. The zero-order valence-corrected chi connectivity index (χ0v) is 12.2. The van der Waals surface area contributed by atoms with E-state index in [4.69, 9.17) is 22.4 Å². The topological polar surface area (TPSA) is 59.5 Å². The molecule has 0 unspecified atom stereocenters. The second kappa shape index (κ2) is 6.00. The Hall–Kier alpha value is -1.36. The molecule has 0 fully saturated rings. The SMILES string of the molecule is CCCN(CC(N)=S)C(=O)c1c(C)oc(C)c1C. The molecule has 100 valence electrons. The van der Waals surface area contributed by atoms with E-state index in [-0.39, 0.29) is 5.91 Å². The zero-order chi connectivity index (χ0) is 13.9. The van der Waals surface area contributed by atoms with Gasteiger partial charge in [-0.15, -0.1) is 0 Å². The number of nitrogens with two attached hydrogens (primary N) is 1. The van der Waals surface area contributed by atoms with Gasteiger partial charge in [0.2, 0.25) is 0 Å². The third-order valence-corrected chi connectivity index (χ3v) is 3.03. The van der Waals surface area contributed by atoms with Gasteiger partial charge in [0.15, 0.2) is 0 Å². The van der Waals surface area contributed by atoms with Crippen LogP contribution in [0.25, 0.3) is 0 Å². The monoisotopic (exact) mass is 268 g/mol. The minimum absolute atomic E-state index is 0.0588. The Bertz CT molecular complexity index is 466. The fraction of sp³-hybridized carbons (Fsp3) is 0.538. The summed E-state index contributed by atoms with van der Waals surface area (Å²) in [6.45, 7) is 8.52. The largest absolute Gasteiger partial charge is 0.466 e. The minimum atomic E-state index is -0.0588. The van der Waals surface area contributed by atoms with E-state index in [1.165, 1.54) is 0 Å². The molecule has 1 heterocycles. The summed E-state index contributed by atoms with van der Waals surface area (Å²) in [5.41, 5.74) is 7.06. The van der Waals surface area contributed by atoms with Crippen molar-refractivity contribution in [1.82, 2.24) is 4.90 Å². The molecule has 1 rings (SSSR count). The molecule has 0 aliphatic heterocycles. The lowest BCUT2D eigenvalue weighted by atomic mass is 10.1. The van der Waals surface area contributed by atoms with Gasteiger partial charge < -0.3 is 15.1 Å². The molecule has 0 atom stereocenters. The van der Waals surface area contributed by atoms with Crippen molar-refractivity contribution in [2.45, 2.75) is 34.1 Å². The lowest BCUT2D eigenvalue weighted by Crippen LogP contribution is -2.38. The number of aryl methyl sites for hydroxylation is 2. The fourth-order valence-electron chi connectivity index (χ4n) is 1.98. The molecule has 0 aliphatic carbocycles. The molecule has 2 N–H and O–H groups in total. The average Bonchev–Trinajstić information content (AvgIpc) is 2.51.